The lowest BCUT2D eigenvalue weighted by atomic mass is 10.0. The maximum atomic E-state index is 12.5. The molecule has 0 atom stereocenters. The van der Waals surface area contributed by atoms with Gasteiger partial charge in [0.05, 0.1) is 17.7 Å². The van der Waals surface area contributed by atoms with Crippen LogP contribution in [-0.2, 0) is 9.53 Å². The number of hydrogen-bond acceptors (Lipinski definition) is 5. The van der Waals surface area contributed by atoms with Crippen LogP contribution >= 0.6 is 15.9 Å². The largest absolute Gasteiger partial charge is 0.490 e. The SMILES string of the molecule is CCCOc1c(Br)cc(/C=C2\N=C(c3cccc4ccccc34)OC2=O)cc1OCC. The fraction of sp³-hybridized carbons (Fsp3) is 0.200. The lowest BCUT2D eigenvalue weighted by Gasteiger charge is -2.14. The van der Waals surface area contributed by atoms with Crippen LogP contribution in [0.1, 0.15) is 31.4 Å². The minimum Gasteiger partial charge on any atom is -0.490 e. The predicted octanol–water partition coefficient (Wildman–Crippen LogP) is 6.13. The summed E-state index contributed by atoms with van der Waals surface area (Å²) in [5.41, 5.74) is 1.78. The van der Waals surface area contributed by atoms with E-state index >= 15 is 0 Å². The number of hydrogen-bond donors (Lipinski definition) is 0. The molecule has 0 spiro atoms. The Morgan fingerprint density at radius 3 is 2.68 bits per heavy atom. The van der Waals surface area contributed by atoms with Crippen molar-refractivity contribution in [3.05, 3.63) is 75.9 Å². The molecule has 6 heteroatoms. The van der Waals surface area contributed by atoms with Gasteiger partial charge in [-0.2, -0.15) is 0 Å². The lowest BCUT2D eigenvalue weighted by Crippen LogP contribution is -2.06. The van der Waals surface area contributed by atoms with Crippen molar-refractivity contribution >= 4 is 44.6 Å². The smallest absolute Gasteiger partial charge is 0.363 e. The Morgan fingerprint density at radius 2 is 1.87 bits per heavy atom. The number of nitrogens with zero attached hydrogens (tertiary/aromatic N) is 1. The second kappa shape index (κ2) is 9.35. The van der Waals surface area contributed by atoms with Gasteiger partial charge < -0.3 is 14.2 Å². The van der Waals surface area contributed by atoms with Gasteiger partial charge in [-0.3, -0.25) is 0 Å². The topological polar surface area (TPSA) is 57.1 Å². The first-order chi connectivity index (χ1) is 15.1. The van der Waals surface area contributed by atoms with Gasteiger partial charge in [0.1, 0.15) is 0 Å². The number of rotatable bonds is 7. The normalized spacial score (nSPS) is 14.6. The van der Waals surface area contributed by atoms with E-state index < -0.39 is 5.97 Å². The molecule has 0 unspecified atom stereocenters. The van der Waals surface area contributed by atoms with Crippen molar-refractivity contribution in [3.63, 3.8) is 0 Å². The Hall–Kier alpha value is -3.12. The van der Waals surface area contributed by atoms with E-state index in [1.54, 1.807) is 6.08 Å². The zero-order valence-electron chi connectivity index (χ0n) is 17.4. The van der Waals surface area contributed by atoms with Crippen LogP contribution in [-0.4, -0.2) is 25.1 Å². The molecule has 0 N–H and O–H groups in total. The van der Waals surface area contributed by atoms with Crippen LogP contribution in [0.3, 0.4) is 0 Å². The van der Waals surface area contributed by atoms with Gasteiger partial charge in [-0.15, -0.1) is 0 Å². The van der Waals surface area contributed by atoms with Crippen molar-refractivity contribution in [1.82, 2.24) is 0 Å². The fourth-order valence-electron chi connectivity index (χ4n) is 3.37. The van der Waals surface area contributed by atoms with Crippen LogP contribution in [0.2, 0.25) is 0 Å². The number of aliphatic imine (C=N–C) groups is 1. The molecule has 0 saturated carbocycles. The van der Waals surface area contributed by atoms with E-state index in [0.717, 1.165) is 32.8 Å². The number of ether oxygens (including phenoxy) is 3. The van der Waals surface area contributed by atoms with Gasteiger partial charge in [-0.05, 0) is 69.9 Å². The van der Waals surface area contributed by atoms with Crippen LogP contribution in [0.15, 0.2) is 69.8 Å². The number of carbonyl (C=O) groups excluding carboxylic acids is 1. The molecule has 0 radical (unpaired) electrons. The summed E-state index contributed by atoms with van der Waals surface area (Å²) in [5, 5.41) is 2.04. The van der Waals surface area contributed by atoms with Gasteiger partial charge in [0.25, 0.3) is 0 Å². The standard InChI is InChI=1S/C25H22BrNO4/c1-3-12-30-23-20(26)13-16(15-22(23)29-4-2)14-21-25(28)31-24(27-21)19-11-7-9-17-8-5-6-10-18(17)19/h5-11,13-15H,3-4,12H2,1-2H3/b21-14-. The van der Waals surface area contributed by atoms with Gasteiger partial charge in [-0.1, -0.05) is 43.3 Å². The molecule has 1 aliphatic heterocycles. The molecular formula is C25H22BrNO4. The average molecular weight is 480 g/mol. The quantitative estimate of drug-likeness (QED) is 0.301. The molecule has 0 amide bonds. The number of halogens is 1. The monoisotopic (exact) mass is 479 g/mol. The highest BCUT2D eigenvalue weighted by atomic mass is 79.9. The highest BCUT2D eigenvalue weighted by Crippen LogP contribution is 2.38. The number of carbonyl (C=O) groups is 1. The van der Waals surface area contributed by atoms with Gasteiger partial charge >= 0.3 is 5.97 Å². The zero-order valence-corrected chi connectivity index (χ0v) is 18.9. The van der Waals surface area contributed by atoms with Crippen molar-refractivity contribution in [2.24, 2.45) is 4.99 Å². The van der Waals surface area contributed by atoms with Gasteiger partial charge in [-0.25, -0.2) is 9.79 Å². The van der Waals surface area contributed by atoms with E-state index in [1.807, 2.05) is 68.4 Å². The number of benzene rings is 3. The summed E-state index contributed by atoms with van der Waals surface area (Å²) in [6, 6.07) is 17.5. The first-order valence-corrected chi connectivity index (χ1v) is 11.0. The summed E-state index contributed by atoms with van der Waals surface area (Å²) in [7, 11) is 0. The van der Waals surface area contributed by atoms with Crippen LogP contribution < -0.4 is 9.47 Å². The van der Waals surface area contributed by atoms with Crippen molar-refractivity contribution in [1.29, 1.82) is 0 Å². The van der Waals surface area contributed by atoms with E-state index in [4.69, 9.17) is 14.2 Å². The minimum atomic E-state index is -0.483. The third kappa shape index (κ3) is 4.49. The second-order valence-electron chi connectivity index (χ2n) is 6.97. The van der Waals surface area contributed by atoms with E-state index in [-0.39, 0.29) is 5.70 Å². The Bertz CT molecular complexity index is 1190. The summed E-state index contributed by atoms with van der Waals surface area (Å²) >= 11 is 3.55. The van der Waals surface area contributed by atoms with Crippen molar-refractivity contribution in [3.8, 4) is 11.5 Å². The number of cyclic esters (lactones) is 1. The third-order valence-corrected chi connectivity index (χ3v) is 5.32. The molecule has 158 valence electrons. The molecule has 0 saturated heterocycles. The fourth-order valence-corrected chi connectivity index (χ4v) is 3.95. The molecule has 4 rings (SSSR count). The minimum absolute atomic E-state index is 0.236. The molecule has 3 aromatic carbocycles. The van der Waals surface area contributed by atoms with Gasteiger partial charge in [0, 0.05) is 5.56 Å². The van der Waals surface area contributed by atoms with E-state index in [2.05, 4.69) is 20.9 Å². The number of fused-ring (bicyclic) bond motifs is 1. The Morgan fingerprint density at radius 1 is 1.06 bits per heavy atom. The molecular weight excluding hydrogens is 458 g/mol. The molecule has 31 heavy (non-hydrogen) atoms. The molecule has 5 nitrogen and oxygen atoms in total. The van der Waals surface area contributed by atoms with Crippen molar-refractivity contribution < 1.29 is 19.0 Å². The lowest BCUT2D eigenvalue weighted by molar-refractivity contribution is -0.129. The molecule has 0 bridgehead atoms. The summed E-state index contributed by atoms with van der Waals surface area (Å²) in [6.45, 7) is 5.05. The van der Waals surface area contributed by atoms with Crippen molar-refractivity contribution in [2.75, 3.05) is 13.2 Å². The molecule has 0 aliphatic carbocycles. The highest BCUT2D eigenvalue weighted by Gasteiger charge is 2.25. The number of esters is 1. The zero-order chi connectivity index (χ0) is 21.8. The summed E-state index contributed by atoms with van der Waals surface area (Å²) < 4.78 is 17.8. The second-order valence-corrected chi connectivity index (χ2v) is 7.83. The molecule has 0 fully saturated rings. The van der Waals surface area contributed by atoms with E-state index in [0.29, 0.717) is 30.6 Å². The van der Waals surface area contributed by atoms with E-state index in [9.17, 15) is 4.79 Å². The maximum absolute atomic E-state index is 12.5. The summed E-state index contributed by atoms with van der Waals surface area (Å²) in [5.74, 6) is 1.09. The predicted molar refractivity (Wildman–Crippen MR) is 126 cm³/mol. The van der Waals surface area contributed by atoms with Crippen LogP contribution in [0.4, 0.5) is 0 Å². The van der Waals surface area contributed by atoms with Crippen molar-refractivity contribution in [2.45, 2.75) is 20.3 Å². The van der Waals surface area contributed by atoms with Crippen LogP contribution in [0.5, 0.6) is 11.5 Å². The average Bonchev–Trinajstić information content (AvgIpc) is 3.13. The van der Waals surface area contributed by atoms with E-state index in [1.165, 1.54) is 0 Å². The van der Waals surface area contributed by atoms with Crippen LogP contribution in [0.25, 0.3) is 16.8 Å². The first kappa shape index (κ1) is 21.1. The molecule has 0 aromatic heterocycles. The maximum Gasteiger partial charge on any atom is 0.363 e. The molecule has 3 aromatic rings. The van der Waals surface area contributed by atoms with Crippen LogP contribution in [0, 0.1) is 0 Å². The summed E-state index contributed by atoms with van der Waals surface area (Å²) in [4.78, 5) is 17.0. The third-order valence-electron chi connectivity index (χ3n) is 4.73. The Balaban J connectivity index is 1.71. The summed E-state index contributed by atoms with van der Waals surface area (Å²) in [6.07, 6.45) is 2.58. The first-order valence-electron chi connectivity index (χ1n) is 10.2. The molecule has 1 aliphatic rings. The van der Waals surface area contributed by atoms with Gasteiger partial charge in [0.15, 0.2) is 17.2 Å². The Labute approximate surface area is 189 Å². The Kier molecular flexibility index (Phi) is 6.37. The van der Waals surface area contributed by atoms with Gasteiger partial charge in [0.2, 0.25) is 5.90 Å². The molecule has 1 heterocycles. The highest BCUT2D eigenvalue weighted by molar-refractivity contribution is 9.10.